The van der Waals surface area contributed by atoms with Gasteiger partial charge in [0.2, 0.25) is 0 Å². The van der Waals surface area contributed by atoms with Crippen LogP contribution in [-0.4, -0.2) is 9.13 Å². The van der Waals surface area contributed by atoms with Gasteiger partial charge >= 0.3 is 5.69 Å². The maximum Gasteiger partial charge on any atom is 0.330 e. The van der Waals surface area contributed by atoms with Crippen molar-refractivity contribution in [1.29, 1.82) is 0 Å². The van der Waals surface area contributed by atoms with Crippen LogP contribution in [-0.2, 0) is 20.6 Å². The monoisotopic (exact) mass is 313 g/mol. The zero-order valence-corrected chi connectivity index (χ0v) is 12.5. The molecule has 0 spiro atoms. The highest BCUT2D eigenvalue weighted by atomic mass is 35.5. The molecule has 0 saturated heterocycles. The van der Waals surface area contributed by atoms with Gasteiger partial charge in [0, 0.05) is 41.6 Å². The Morgan fingerprint density at radius 3 is 2.20 bits per heavy atom. The molecule has 0 aliphatic heterocycles. The van der Waals surface area contributed by atoms with Crippen LogP contribution >= 0.6 is 23.2 Å². The van der Waals surface area contributed by atoms with Crippen LogP contribution in [0, 0.1) is 0 Å². The number of hydrogen-bond acceptors (Lipinski definition) is 3. The first-order chi connectivity index (χ1) is 9.38. The Hall–Kier alpha value is -1.72. The van der Waals surface area contributed by atoms with Crippen LogP contribution in [0.5, 0.6) is 0 Å². The highest BCUT2D eigenvalue weighted by molar-refractivity contribution is 6.35. The standard InChI is InChI=1S/C13H13Cl2N3O2/c1-17-11(6-12(19)18(2)13(17)20)7-16-10-4-8(14)3-9(15)5-10/h3-6,16H,7H2,1-2H3. The van der Waals surface area contributed by atoms with E-state index in [1.165, 1.54) is 17.7 Å². The van der Waals surface area contributed by atoms with Crippen LogP contribution in [0.15, 0.2) is 33.9 Å². The normalized spacial score (nSPS) is 10.6. The number of benzene rings is 1. The molecule has 20 heavy (non-hydrogen) atoms. The van der Waals surface area contributed by atoms with Crippen molar-refractivity contribution in [2.75, 3.05) is 5.32 Å². The summed E-state index contributed by atoms with van der Waals surface area (Å²) in [5.41, 5.74) is 0.595. The molecule has 0 saturated carbocycles. The molecule has 2 aromatic rings. The lowest BCUT2D eigenvalue weighted by molar-refractivity contribution is 0.655. The third-order valence-electron chi connectivity index (χ3n) is 2.96. The van der Waals surface area contributed by atoms with Gasteiger partial charge in [0.15, 0.2) is 0 Å². The summed E-state index contributed by atoms with van der Waals surface area (Å²) >= 11 is 11.8. The molecule has 7 heteroatoms. The quantitative estimate of drug-likeness (QED) is 0.943. The predicted molar refractivity (Wildman–Crippen MR) is 80.7 cm³/mol. The molecule has 1 N–H and O–H groups in total. The molecule has 0 amide bonds. The van der Waals surface area contributed by atoms with E-state index < -0.39 is 0 Å². The number of halogens is 2. The van der Waals surface area contributed by atoms with Gasteiger partial charge in [0.25, 0.3) is 5.56 Å². The maximum absolute atomic E-state index is 11.8. The Bertz CT molecular complexity index is 745. The minimum atomic E-state index is -0.363. The minimum Gasteiger partial charge on any atom is -0.379 e. The molecule has 1 aromatic carbocycles. The number of nitrogens with zero attached hydrogens (tertiary/aromatic N) is 2. The average molecular weight is 314 g/mol. The van der Waals surface area contributed by atoms with E-state index in [2.05, 4.69) is 5.32 Å². The van der Waals surface area contributed by atoms with E-state index in [4.69, 9.17) is 23.2 Å². The van der Waals surface area contributed by atoms with Crippen LogP contribution in [0.25, 0.3) is 0 Å². The molecule has 0 radical (unpaired) electrons. The first-order valence-electron chi connectivity index (χ1n) is 5.84. The Labute approximate surface area is 125 Å². The lowest BCUT2D eigenvalue weighted by atomic mass is 10.3. The zero-order chi connectivity index (χ0) is 14.9. The first kappa shape index (κ1) is 14.7. The Balaban J connectivity index is 2.28. The lowest BCUT2D eigenvalue weighted by Gasteiger charge is -2.11. The first-order valence-corrected chi connectivity index (χ1v) is 6.60. The van der Waals surface area contributed by atoms with Gasteiger partial charge in [-0.05, 0) is 18.2 Å². The molecule has 0 atom stereocenters. The van der Waals surface area contributed by atoms with Gasteiger partial charge in [-0.3, -0.25) is 13.9 Å². The van der Waals surface area contributed by atoms with Crippen molar-refractivity contribution in [3.63, 3.8) is 0 Å². The van der Waals surface area contributed by atoms with Gasteiger partial charge in [-0.2, -0.15) is 0 Å². The topological polar surface area (TPSA) is 56.0 Å². The van der Waals surface area contributed by atoms with Crippen LogP contribution < -0.4 is 16.6 Å². The molecule has 106 valence electrons. The summed E-state index contributed by atoms with van der Waals surface area (Å²) in [7, 11) is 3.06. The Morgan fingerprint density at radius 1 is 1.00 bits per heavy atom. The Kier molecular flexibility index (Phi) is 4.20. The van der Waals surface area contributed by atoms with Gasteiger partial charge in [0.1, 0.15) is 0 Å². The van der Waals surface area contributed by atoms with Crippen molar-refractivity contribution in [3.05, 3.63) is 60.8 Å². The molecule has 0 aliphatic carbocycles. The molecule has 5 nitrogen and oxygen atoms in total. The second-order valence-corrected chi connectivity index (χ2v) is 5.26. The van der Waals surface area contributed by atoms with Gasteiger partial charge in [-0.1, -0.05) is 23.2 Å². The van der Waals surface area contributed by atoms with E-state index in [9.17, 15) is 9.59 Å². The smallest absolute Gasteiger partial charge is 0.330 e. The number of anilines is 1. The fourth-order valence-corrected chi connectivity index (χ4v) is 2.32. The molecule has 1 heterocycles. The van der Waals surface area contributed by atoms with Gasteiger partial charge in [0.05, 0.1) is 6.54 Å². The van der Waals surface area contributed by atoms with Gasteiger partial charge in [-0.15, -0.1) is 0 Å². The lowest BCUT2D eigenvalue weighted by Crippen LogP contribution is -2.38. The fraction of sp³-hybridized carbons (Fsp3) is 0.231. The summed E-state index contributed by atoms with van der Waals surface area (Å²) in [6.45, 7) is 0.318. The summed E-state index contributed by atoms with van der Waals surface area (Å²) in [5.74, 6) is 0. The second-order valence-electron chi connectivity index (χ2n) is 4.39. The predicted octanol–water partition coefficient (Wildman–Crippen LogP) is 2.00. The largest absolute Gasteiger partial charge is 0.379 e. The summed E-state index contributed by atoms with van der Waals surface area (Å²) in [4.78, 5) is 23.4. The van der Waals surface area contributed by atoms with Crippen LogP contribution in [0.3, 0.4) is 0 Å². The molecule has 0 bridgehead atoms. The van der Waals surface area contributed by atoms with Crippen molar-refractivity contribution >= 4 is 28.9 Å². The van der Waals surface area contributed by atoms with Crippen LogP contribution in [0.4, 0.5) is 5.69 Å². The maximum atomic E-state index is 11.8. The number of aromatic nitrogens is 2. The molecule has 0 fully saturated rings. The fourth-order valence-electron chi connectivity index (χ4n) is 1.80. The van der Waals surface area contributed by atoms with Crippen molar-refractivity contribution in [2.45, 2.75) is 6.54 Å². The molecule has 0 unspecified atom stereocenters. The van der Waals surface area contributed by atoms with Gasteiger partial charge in [-0.25, -0.2) is 4.79 Å². The number of nitrogens with one attached hydrogen (secondary N) is 1. The molecule has 2 rings (SSSR count). The van der Waals surface area contributed by atoms with Crippen LogP contribution in [0.2, 0.25) is 10.0 Å². The summed E-state index contributed by atoms with van der Waals surface area (Å²) in [6.07, 6.45) is 0. The SMILES string of the molecule is Cn1c(CNc2cc(Cl)cc(Cl)c2)cc(=O)n(C)c1=O. The summed E-state index contributed by atoms with van der Waals surface area (Å²) in [6, 6.07) is 6.47. The van der Waals surface area contributed by atoms with Gasteiger partial charge < -0.3 is 5.32 Å². The number of hydrogen-bond donors (Lipinski definition) is 1. The molecule has 0 aliphatic rings. The molecular formula is C13H13Cl2N3O2. The third-order valence-corrected chi connectivity index (χ3v) is 3.40. The highest BCUT2D eigenvalue weighted by Gasteiger charge is 2.06. The minimum absolute atomic E-state index is 0.318. The van der Waals surface area contributed by atoms with Crippen molar-refractivity contribution in [3.8, 4) is 0 Å². The van der Waals surface area contributed by atoms with Crippen molar-refractivity contribution < 1.29 is 0 Å². The van der Waals surface area contributed by atoms with E-state index in [0.717, 1.165) is 10.3 Å². The Morgan fingerprint density at radius 2 is 1.60 bits per heavy atom. The van der Waals surface area contributed by atoms with E-state index >= 15 is 0 Å². The molecular weight excluding hydrogens is 301 g/mol. The summed E-state index contributed by atoms with van der Waals surface area (Å²) < 4.78 is 2.47. The average Bonchev–Trinajstić information content (AvgIpc) is 2.38. The summed E-state index contributed by atoms with van der Waals surface area (Å²) in [5, 5.41) is 4.10. The van der Waals surface area contributed by atoms with E-state index in [1.807, 2.05) is 0 Å². The van der Waals surface area contributed by atoms with Crippen molar-refractivity contribution in [2.24, 2.45) is 14.1 Å². The van der Waals surface area contributed by atoms with E-state index in [1.54, 1.807) is 25.2 Å². The van der Waals surface area contributed by atoms with Crippen molar-refractivity contribution in [1.82, 2.24) is 9.13 Å². The highest BCUT2D eigenvalue weighted by Crippen LogP contribution is 2.22. The van der Waals surface area contributed by atoms with E-state index in [0.29, 0.717) is 22.3 Å². The second kappa shape index (κ2) is 5.73. The van der Waals surface area contributed by atoms with Crippen LogP contribution in [0.1, 0.15) is 5.69 Å². The third kappa shape index (κ3) is 3.05. The van der Waals surface area contributed by atoms with E-state index in [-0.39, 0.29) is 11.2 Å². The number of rotatable bonds is 3. The zero-order valence-electron chi connectivity index (χ0n) is 11.0. The molecule has 1 aromatic heterocycles.